The van der Waals surface area contributed by atoms with Crippen LogP contribution in [0.15, 0.2) is 188 Å². The van der Waals surface area contributed by atoms with Crippen LogP contribution in [0.2, 0.25) is 0 Å². The van der Waals surface area contributed by atoms with Gasteiger partial charge in [-0.2, -0.15) is 0 Å². The second-order valence-electron chi connectivity index (χ2n) is 17.4. The highest BCUT2D eigenvalue weighted by molar-refractivity contribution is 6.99. The molecule has 0 saturated heterocycles. The van der Waals surface area contributed by atoms with Gasteiger partial charge in [-0.15, -0.1) is 0 Å². The van der Waals surface area contributed by atoms with E-state index in [1.807, 2.05) is 30.3 Å². The molecule has 0 fully saturated rings. The number of hydrogen-bond donors (Lipinski definition) is 0. The molecule has 312 valence electrons. The molecule has 65 heavy (non-hydrogen) atoms. The van der Waals surface area contributed by atoms with Crippen LogP contribution in [0.1, 0.15) is 25.0 Å². The van der Waals surface area contributed by atoms with E-state index in [1.165, 1.54) is 17.0 Å². The smallest absolute Gasteiger partial charge is 0.256 e. The van der Waals surface area contributed by atoms with Gasteiger partial charge in [0.25, 0.3) is 6.71 Å². The minimum absolute atomic E-state index is 0.0744. The minimum Gasteiger partial charge on any atom is -0.458 e. The van der Waals surface area contributed by atoms with Gasteiger partial charge in [0.1, 0.15) is 34.8 Å². The van der Waals surface area contributed by atoms with Crippen LogP contribution < -0.4 is 30.9 Å². The van der Waals surface area contributed by atoms with Crippen molar-refractivity contribution in [1.29, 1.82) is 0 Å². The van der Waals surface area contributed by atoms with Gasteiger partial charge < -0.3 is 14.5 Å². The van der Waals surface area contributed by atoms with Gasteiger partial charge >= 0.3 is 0 Å². The van der Waals surface area contributed by atoms with Crippen molar-refractivity contribution in [2.75, 3.05) is 9.80 Å². The van der Waals surface area contributed by atoms with E-state index >= 15 is 8.78 Å². The number of anilines is 6. The summed E-state index contributed by atoms with van der Waals surface area (Å²) in [6.45, 7) is 4.13. The lowest BCUT2D eigenvalue weighted by molar-refractivity contribution is 0.487. The number of benzene rings is 9. The summed E-state index contributed by atoms with van der Waals surface area (Å²) in [7, 11) is 0. The molecule has 3 aliphatic rings. The summed E-state index contributed by atoms with van der Waals surface area (Å²) in [6, 6.07) is 59.0. The SMILES string of the molecule is CC1(C)c2cc(N(c3ccc(F)cc3F)c3ccc(F)cc3F)ccc2-c2cc3c(cc21)B1c2cc(-c4ccccc4)ccc2N(c2ccc(-c4ccccc4)cc2)c2cccc(c21)O3. The maximum Gasteiger partial charge on any atom is 0.256 e. The zero-order valence-electron chi connectivity index (χ0n) is 35.3. The van der Waals surface area contributed by atoms with E-state index in [9.17, 15) is 8.78 Å². The van der Waals surface area contributed by atoms with Crippen LogP contribution in [0.4, 0.5) is 51.7 Å². The van der Waals surface area contributed by atoms with Crippen LogP contribution >= 0.6 is 0 Å². The average molecular weight is 853 g/mol. The van der Waals surface area contributed by atoms with Crippen LogP contribution in [0.25, 0.3) is 33.4 Å². The van der Waals surface area contributed by atoms with Crippen LogP contribution in [-0.2, 0) is 5.41 Å². The Balaban J connectivity index is 1.01. The molecular weight excluding hydrogens is 815 g/mol. The predicted molar refractivity (Wildman–Crippen MR) is 255 cm³/mol. The molecule has 8 heteroatoms. The lowest BCUT2D eigenvalue weighted by Gasteiger charge is -2.40. The molecule has 2 aliphatic heterocycles. The maximum absolute atomic E-state index is 15.6. The molecule has 0 atom stereocenters. The molecule has 0 N–H and O–H groups in total. The number of rotatable bonds is 6. The molecule has 0 saturated carbocycles. The first-order chi connectivity index (χ1) is 31.6. The average Bonchev–Trinajstić information content (AvgIpc) is 3.54. The standard InChI is InChI=1S/C57H37BF4N2O/c1-57(2)44-31-41(64(51-26-19-38(59)29-48(51)61)52-27-20-39(60)30-49(52)62)23-24-42(44)43-32-55-47(33-45(43)57)58-46-28-37(35-12-7-4-8-13-35)18-25-50(46)63(53-14-9-15-54(65-55)56(53)58)40-21-16-36(17-22-40)34-10-5-3-6-11-34/h3-33H,1-2H3. The molecule has 0 bridgehead atoms. The van der Waals surface area contributed by atoms with Crippen LogP contribution in [0, 0.1) is 23.3 Å². The van der Waals surface area contributed by atoms with Gasteiger partial charge in [-0.05, 0) is 134 Å². The molecule has 0 radical (unpaired) electrons. The summed E-state index contributed by atoms with van der Waals surface area (Å²) in [5.41, 5.74) is 14.6. The van der Waals surface area contributed by atoms with Crippen LogP contribution in [0.5, 0.6) is 11.5 Å². The fourth-order valence-corrected chi connectivity index (χ4v) is 10.3. The topological polar surface area (TPSA) is 15.7 Å². The lowest BCUT2D eigenvalue weighted by Crippen LogP contribution is -2.59. The third-order valence-electron chi connectivity index (χ3n) is 13.4. The Morgan fingerprint density at radius 2 is 1.09 bits per heavy atom. The van der Waals surface area contributed by atoms with Gasteiger partial charge in [0.05, 0.1) is 11.4 Å². The number of ether oxygens (including phenoxy) is 1. The zero-order chi connectivity index (χ0) is 44.1. The van der Waals surface area contributed by atoms with Crippen molar-refractivity contribution in [1.82, 2.24) is 0 Å². The largest absolute Gasteiger partial charge is 0.458 e. The Kier molecular flexibility index (Phi) is 8.72. The van der Waals surface area contributed by atoms with Gasteiger partial charge in [-0.1, -0.05) is 117 Å². The van der Waals surface area contributed by atoms with Gasteiger partial charge in [0.15, 0.2) is 0 Å². The number of fused-ring (bicyclic) bond motifs is 7. The van der Waals surface area contributed by atoms with Gasteiger partial charge in [0, 0.05) is 40.3 Å². The molecule has 0 spiro atoms. The lowest BCUT2D eigenvalue weighted by atomic mass is 9.34. The van der Waals surface area contributed by atoms with Gasteiger partial charge in [0.2, 0.25) is 0 Å². The second-order valence-corrected chi connectivity index (χ2v) is 17.4. The Morgan fingerprint density at radius 1 is 0.477 bits per heavy atom. The fourth-order valence-electron chi connectivity index (χ4n) is 10.3. The third kappa shape index (κ3) is 6.11. The summed E-state index contributed by atoms with van der Waals surface area (Å²) < 4.78 is 66.7. The van der Waals surface area contributed by atoms with Crippen LogP contribution in [0.3, 0.4) is 0 Å². The first-order valence-corrected chi connectivity index (χ1v) is 21.6. The first kappa shape index (κ1) is 38.8. The summed E-state index contributed by atoms with van der Waals surface area (Å²) in [5, 5.41) is 0. The van der Waals surface area contributed by atoms with Crippen LogP contribution in [-0.4, -0.2) is 6.71 Å². The van der Waals surface area contributed by atoms with E-state index in [0.717, 1.165) is 114 Å². The van der Waals surface area contributed by atoms with Gasteiger partial charge in [-0.3, -0.25) is 0 Å². The van der Waals surface area contributed by atoms with Crippen molar-refractivity contribution in [2.24, 2.45) is 0 Å². The minimum atomic E-state index is -0.883. The Morgan fingerprint density at radius 3 is 1.75 bits per heavy atom. The Hall–Kier alpha value is -7.84. The fraction of sp³-hybridized carbons (Fsp3) is 0.0526. The monoisotopic (exact) mass is 852 g/mol. The Bertz CT molecular complexity index is 3340. The molecule has 9 aromatic carbocycles. The first-order valence-electron chi connectivity index (χ1n) is 21.6. The molecule has 12 rings (SSSR count). The van der Waals surface area contributed by atoms with E-state index in [4.69, 9.17) is 4.74 Å². The normalized spacial score (nSPS) is 13.6. The van der Waals surface area contributed by atoms with Crippen molar-refractivity contribution < 1.29 is 22.3 Å². The number of halogens is 4. The summed E-state index contributed by atoms with van der Waals surface area (Å²) >= 11 is 0. The second kappa shape index (κ2) is 14.6. The maximum atomic E-state index is 15.6. The number of hydrogen-bond acceptors (Lipinski definition) is 3. The van der Waals surface area contributed by atoms with E-state index in [0.29, 0.717) is 5.69 Å². The molecule has 0 unspecified atom stereocenters. The highest BCUT2D eigenvalue weighted by Crippen LogP contribution is 2.53. The molecule has 1 aliphatic carbocycles. The van der Waals surface area contributed by atoms with E-state index in [-0.39, 0.29) is 18.1 Å². The highest BCUT2D eigenvalue weighted by atomic mass is 19.1. The van der Waals surface area contributed by atoms with Gasteiger partial charge in [-0.25, -0.2) is 17.6 Å². The molecule has 0 amide bonds. The third-order valence-corrected chi connectivity index (χ3v) is 13.4. The molecule has 0 aromatic heterocycles. The molecular formula is C57H37BF4N2O. The van der Waals surface area contributed by atoms with Crippen molar-refractivity contribution in [3.8, 4) is 44.9 Å². The van der Waals surface area contributed by atoms with E-state index < -0.39 is 28.7 Å². The predicted octanol–water partition coefficient (Wildman–Crippen LogP) is 13.8. The number of nitrogens with zero attached hydrogens (tertiary/aromatic N) is 2. The quantitative estimate of drug-likeness (QED) is 0.122. The highest BCUT2D eigenvalue weighted by Gasteiger charge is 2.45. The van der Waals surface area contributed by atoms with Crippen molar-refractivity contribution in [2.45, 2.75) is 19.3 Å². The van der Waals surface area contributed by atoms with Crippen molar-refractivity contribution >= 4 is 57.2 Å². The summed E-state index contributed by atoms with van der Waals surface area (Å²) in [6.07, 6.45) is 0. The van der Waals surface area contributed by atoms with E-state index in [2.05, 4.69) is 134 Å². The molecule has 3 nitrogen and oxygen atoms in total. The van der Waals surface area contributed by atoms with Crippen molar-refractivity contribution in [3.63, 3.8) is 0 Å². The van der Waals surface area contributed by atoms with Crippen molar-refractivity contribution in [3.05, 3.63) is 222 Å². The zero-order valence-corrected chi connectivity index (χ0v) is 35.3. The summed E-state index contributed by atoms with van der Waals surface area (Å²) in [5.74, 6) is -1.75. The van der Waals surface area contributed by atoms with E-state index in [1.54, 1.807) is 6.07 Å². The Labute approximate surface area is 374 Å². The molecule has 9 aromatic rings. The summed E-state index contributed by atoms with van der Waals surface area (Å²) in [4.78, 5) is 3.72. The molecule has 2 heterocycles.